The van der Waals surface area contributed by atoms with Crippen LogP contribution in [0.1, 0.15) is 22.8 Å². The van der Waals surface area contributed by atoms with E-state index < -0.39 is 6.10 Å². The number of amides is 1. The molecule has 0 aliphatic rings. The molecule has 0 saturated heterocycles. The number of halogens is 1. The van der Waals surface area contributed by atoms with E-state index in [1.54, 1.807) is 43.3 Å². The molecule has 0 fully saturated rings. The number of hydrogen-bond acceptors (Lipinski definition) is 3. The SMILES string of the molecule is CC(Oc1ccc(C(=O)c2ccccc2)cc1)C(=O)Nc1ccc(F)cc1. The highest BCUT2D eigenvalue weighted by atomic mass is 19.1. The molecule has 27 heavy (non-hydrogen) atoms. The highest BCUT2D eigenvalue weighted by molar-refractivity contribution is 6.09. The Kier molecular flexibility index (Phi) is 5.61. The summed E-state index contributed by atoms with van der Waals surface area (Å²) in [6, 6.07) is 21.1. The van der Waals surface area contributed by atoms with Crippen LogP contribution in [0.25, 0.3) is 0 Å². The van der Waals surface area contributed by atoms with Gasteiger partial charge in [-0.3, -0.25) is 9.59 Å². The van der Waals surface area contributed by atoms with Gasteiger partial charge in [0.05, 0.1) is 0 Å². The number of rotatable bonds is 6. The molecule has 0 bridgehead atoms. The van der Waals surface area contributed by atoms with E-state index in [9.17, 15) is 14.0 Å². The Bertz CT molecular complexity index is 922. The summed E-state index contributed by atoms with van der Waals surface area (Å²) in [7, 11) is 0. The predicted octanol–water partition coefficient (Wildman–Crippen LogP) is 4.46. The summed E-state index contributed by atoms with van der Waals surface area (Å²) < 4.78 is 18.5. The lowest BCUT2D eigenvalue weighted by atomic mass is 10.0. The average Bonchev–Trinajstić information content (AvgIpc) is 2.70. The molecule has 0 aromatic heterocycles. The summed E-state index contributed by atoms with van der Waals surface area (Å²) in [6.07, 6.45) is -0.759. The Morgan fingerprint density at radius 1 is 0.852 bits per heavy atom. The minimum atomic E-state index is -0.759. The first-order valence-corrected chi connectivity index (χ1v) is 8.46. The van der Waals surface area contributed by atoms with Gasteiger partial charge < -0.3 is 10.1 Å². The van der Waals surface area contributed by atoms with Crippen LogP contribution in [0.3, 0.4) is 0 Å². The minimum absolute atomic E-state index is 0.0794. The van der Waals surface area contributed by atoms with Crippen LogP contribution < -0.4 is 10.1 Å². The molecule has 3 aromatic carbocycles. The van der Waals surface area contributed by atoms with E-state index in [1.165, 1.54) is 24.3 Å². The number of ketones is 1. The van der Waals surface area contributed by atoms with Crippen LogP contribution in [0.2, 0.25) is 0 Å². The molecular formula is C22H18FNO3. The Morgan fingerprint density at radius 3 is 2.07 bits per heavy atom. The van der Waals surface area contributed by atoms with Gasteiger partial charge in [0.1, 0.15) is 11.6 Å². The maximum Gasteiger partial charge on any atom is 0.265 e. The highest BCUT2D eigenvalue weighted by Gasteiger charge is 2.15. The van der Waals surface area contributed by atoms with Crippen molar-refractivity contribution >= 4 is 17.4 Å². The van der Waals surface area contributed by atoms with Crippen molar-refractivity contribution in [2.45, 2.75) is 13.0 Å². The van der Waals surface area contributed by atoms with Crippen LogP contribution in [0.5, 0.6) is 5.75 Å². The zero-order valence-electron chi connectivity index (χ0n) is 14.7. The normalized spacial score (nSPS) is 11.5. The Labute approximate surface area is 156 Å². The largest absolute Gasteiger partial charge is 0.481 e. The van der Waals surface area contributed by atoms with Crippen molar-refractivity contribution in [3.05, 3.63) is 95.8 Å². The topological polar surface area (TPSA) is 55.4 Å². The number of carbonyl (C=O) groups is 2. The fourth-order valence-corrected chi connectivity index (χ4v) is 2.48. The second-order valence-electron chi connectivity index (χ2n) is 5.98. The number of anilines is 1. The number of carbonyl (C=O) groups excluding carboxylic acids is 2. The summed E-state index contributed by atoms with van der Waals surface area (Å²) in [5, 5.41) is 2.66. The smallest absolute Gasteiger partial charge is 0.265 e. The molecule has 3 rings (SSSR count). The van der Waals surface area contributed by atoms with Gasteiger partial charge in [-0.1, -0.05) is 30.3 Å². The molecular weight excluding hydrogens is 345 g/mol. The third-order valence-corrected chi connectivity index (χ3v) is 3.95. The second-order valence-corrected chi connectivity index (χ2v) is 5.98. The Balaban J connectivity index is 1.61. The van der Waals surface area contributed by atoms with Gasteiger partial charge in [-0.25, -0.2) is 4.39 Å². The first-order chi connectivity index (χ1) is 13.0. The Hall–Kier alpha value is -3.47. The van der Waals surface area contributed by atoms with Crippen LogP contribution in [0.15, 0.2) is 78.9 Å². The summed E-state index contributed by atoms with van der Waals surface area (Å²) >= 11 is 0. The molecule has 1 atom stereocenters. The lowest BCUT2D eigenvalue weighted by Gasteiger charge is -2.15. The van der Waals surface area contributed by atoms with Gasteiger partial charge in [0, 0.05) is 16.8 Å². The van der Waals surface area contributed by atoms with E-state index in [4.69, 9.17) is 4.74 Å². The fourth-order valence-electron chi connectivity index (χ4n) is 2.48. The van der Waals surface area contributed by atoms with Crippen molar-refractivity contribution in [3.8, 4) is 5.75 Å². The van der Waals surface area contributed by atoms with Gasteiger partial charge in [-0.15, -0.1) is 0 Å². The Morgan fingerprint density at radius 2 is 1.44 bits per heavy atom. The van der Waals surface area contributed by atoms with E-state index in [0.717, 1.165) is 0 Å². The third kappa shape index (κ3) is 4.79. The van der Waals surface area contributed by atoms with E-state index >= 15 is 0 Å². The maximum atomic E-state index is 12.9. The van der Waals surface area contributed by atoms with Crippen LogP contribution in [0, 0.1) is 5.82 Å². The molecule has 136 valence electrons. The molecule has 0 saturated carbocycles. The lowest BCUT2D eigenvalue weighted by molar-refractivity contribution is -0.122. The van der Waals surface area contributed by atoms with Crippen LogP contribution >= 0.6 is 0 Å². The van der Waals surface area contributed by atoms with Crippen molar-refractivity contribution in [2.75, 3.05) is 5.32 Å². The van der Waals surface area contributed by atoms with Gasteiger partial charge in [0.2, 0.25) is 0 Å². The van der Waals surface area contributed by atoms with E-state index in [0.29, 0.717) is 22.6 Å². The molecule has 3 aromatic rings. The first-order valence-electron chi connectivity index (χ1n) is 8.46. The van der Waals surface area contributed by atoms with E-state index in [2.05, 4.69) is 5.32 Å². The number of benzene rings is 3. The van der Waals surface area contributed by atoms with E-state index in [1.807, 2.05) is 18.2 Å². The second kappa shape index (κ2) is 8.27. The third-order valence-electron chi connectivity index (χ3n) is 3.95. The quantitative estimate of drug-likeness (QED) is 0.658. The standard InChI is InChI=1S/C22H18FNO3/c1-15(22(26)24-19-11-9-18(23)10-12-19)27-20-13-7-17(8-14-20)21(25)16-5-3-2-4-6-16/h2-15H,1H3,(H,24,26). The number of ether oxygens (including phenoxy) is 1. The van der Waals surface area contributed by atoms with Gasteiger partial charge in [-0.2, -0.15) is 0 Å². The summed E-state index contributed by atoms with van der Waals surface area (Å²) in [5.41, 5.74) is 1.64. The van der Waals surface area contributed by atoms with Gasteiger partial charge in [-0.05, 0) is 55.5 Å². The molecule has 1 amide bonds. The van der Waals surface area contributed by atoms with Crippen molar-refractivity contribution in [2.24, 2.45) is 0 Å². The minimum Gasteiger partial charge on any atom is -0.481 e. The fraction of sp³-hybridized carbons (Fsp3) is 0.0909. The molecule has 0 heterocycles. The highest BCUT2D eigenvalue weighted by Crippen LogP contribution is 2.17. The van der Waals surface area contributed by atoms with E-state index in [-0.39, 0.29) is 17.5 Å². The monoisotopic (exact) mass is 363 g/mol. The molecule has 0 aliphatic heterocycles. The number of hydrogen-bond donors (Lipinski definition) is 1. The van der Waals surface area contributed by atoms with Gasteiger partial charge in [0.25, 0.3) is 5.91 Å². The van der Waals surface area contributed by atoms with Crippen molar-refractivity contribution in [3.63, 3.8) is 0 Å². The van der Waals surface area contributed by atoms with Crippen molar-refractivity contribution in [1.29, 1.82) is 0 Å². The molecule has 0 aliphatic carbocycles. The summed E-state index contributed by atoms with van der Waals surface area (Å²) in [4.78, 5) is 24.6. The molecule has 4 nitrogen and oxygen atoms in total. The zero-order valence-corrected chi connectivity index (χ0v) is 14.7. The zero-order chi connectivity index (χ0) is 19.2. The van der Waals surface area contributed by atoms with Crippen LogP contribution in [-0.4, -0.2) is 17.8 Å². The molecule has 1 unspecified atom stereocenters. The summed E-state index contributed by atoms with van der Waals surface area (Å²) in [5.74, 6) is -0.334. The van der Waals surface area contributed by atoms with Gasteiger partial charge in [0.15, 0.2) is 11.9 Å². The first kappa shape index (κ1) is 18.3. The molecule has 0 spiro atoms. The van der Waals surface area contributed by atoms with Crippen LogP contribution in [-0.2, 0) is 4.79 Å². The maximum absolute atomic E-state index is 12.9. The van der Waals surface area contributed by atoms with Crippen molar-refractivity contribution < 1.29 is 18.7 Å². The van der Waals surface area contributed by atoms with Gasteiger partial charge >= 0.3 is 0 Å². The number of nitrogens with one attached hydrogen (secondary N) is 1. The predicted molar refractivity (Wildman–Crippen MR) is 101 cm³/mol. The average molecular weight is 363 g/mol. The molecule has 5 heteroatoms. The summed E-state index contributed by atoms with van der Waals surface area (Å²) in [6.45, 7) is 1.61. The van der Waals surface area contributed by atoms with Crippen molar-refractivity contribution in [1.82, 2.24) is 0 Å². The molecule has 1 N–H and O–H groups in total. The molecule has 0 radical (unpaired) electrons. The lowest BCUT2D eigenvalue weighted by Crippen LogP contribution is -2.30. The van der Waals surface area contributed by atoms with Crippen LogP contribution in [0.4, 0.5) is 10.1 Å².